The number of sulfonamides is 1. The van der Waals surface area contributed by atoms with E-state index in [9.17, 15) is 8.42 Å². The van der Waals surface area contributed by atoms with Crippen LogP contribution in [-0.2, 0) is 10.0 Å². The lowest BCUT2D eigenvalue weighted by molar-refractivity contribution is 0.359. The summed E-state index contributed by atoms with van der Waals surface area (Å²) in [7, 11) is 0.581. The molecule has 0 aliphatic heterocycles. The Kier molecular flexibility index (Phi) is 5.78. The molecule has 1 aromatic heterocycles. The molecular formula is C16H22N6O3S. The minimum absolute atomic E-state index is 0.0642. The predicted molar refractivity (Wildman–Crippen MR) is 98.7 cm³/mol. The van der Waals surface area contributed by atoms with E-state index in [2.05, 4.69) is 15.4 Å². The summed E-state index contributed by atoms with van der Waals surface area (Å²) in [6.45, 7) is 3.38. The van der Waals surface area contributed by atoms with Crippen LogP contribution in [0.1, 0.15) is 11.3 Å². The van der Waals surface area contributed by atoms with Gasteiger partial charge in [0, 0.05) is 25.9 Å². The number of benzene rings is 1. The molecule has 1 aromatic carbocycles. The number of ether oxygens (including phenoxy) is 1. The predicted octanol–water partition coefficient (Wildman–Crippen LogP) is 1.30. The second-order valence-electron chi connectivity index (χ2n) is 5.74. The van der Waals surface area contributed by atoms with E-state index in [4.69, 9.17) is 10.1 Å². The van der Waals surface area contributed by atoms with Gasteiger partial charge in [0.25, 0.3) is 10.0 Å². The SMILES string of the molecule is COc1cc(C)nc(N(C(=N)NN(C)C)S(=O)(=O)c2ccccc2C)n1. The van der Waals surface area contributed by atoms with Crippen LogP contribution in [0.5, 0.6) is 5.88 Å². The zero-order valence-corrected chi connectivity index (χ0v) is 16.1. The molecule has 0 radical (unpaired) electrons. The fraction of sp³-hybridized carbons (Fsp3) is 0.312. The second-order valence-corrected chi connectivity index (χ2v) is 7.50. The molecule has 9 nitrogen and oxygen atoms in total. The summed E-state index contributed by atoms with van der Waals surface area (Å²) in [5.41, 5.74) is 3.70. The molecule has 0 atom stereocenters. The molecule has 0 spiro atoms. The molecule has 0 amide bonds. The van der Waals surface area contributed by atoms with Gasteiger partial charge in [-0.3, -0.25) is 10.8 Å². The summed E-state index contributed by atoms with van der Waals surface area (Å²) >= 11 is 0. The van der Waals surface area contributed by atoms with E-state index in [0.717, 1.165) is 4.31 Å². The van der Waals surface area contributed by atoms with Crippen molar-refractivity contribution in [3.63, 3.8) is 0 Å². The molecular weight excluding hydrogens is 356 g/mol. The summed E-state index contributed by atoms with van der Waals surface area (Å²) in [5, 5.41) is 9.71. The van der Waals surface area contributed by atoms with Gasteiger partial charge in [-0.15, -0.1) is 0 Å². The number of hydrogen-bond donors (Lipinski definition) is 2. The topological polar surface area (TPSA) is 112 Å². The quantitative estimate of drug-likeness (QED) is 0.458. The highest BCUT2D eigenvalue weighted by Crippen LogP contribution is 2.25. The van der Waals surface area contributed by atoms with Crippen LogP contribution in [-0.4, -0.2) is 50.6 Å². The molecule has 10 heteroatoms. The van der Waals surface area contributed by atoms with Crippen LogP contribution in [0, 0.1) is 19.3 Å². The average Bonchev–Trinajstić information content (AvgIpc) is 2.53. The van der Waals surface area contributed by atoms with E-state index in [1.165, 1.54) is 18.2 Å². The van der Waals surface area contributed by atoms with Gasteiger partial charge in [-0.2, -0.15) is 9.29 Å². The van der Waals surface area contributed by atoms with Gasteiger partial charge in [0.15, 0.2) is 0 Å². The van der Waals surface area contributed by atoms with Crippen molar-refractivity contribution in [3.8, 4) is 5.88 Å². The number of anilines is 1. The molecule has 0 fully saturated rings. The fourth-order valence-corrected chi connectivity index (χ4v) is 3.75. The Morgan fingerprint density at radius 1 is 1.19 bits per heavy atom. The monoisotopic (exact) mass is 378 g/mol. The standard InChI is InChI=1S/C16H22N6O3S/c1-11-8-6-7-9-13(11)26(23,24)22(15(17)20-21(3)4)16-18-12(2)10-14(19-16)25-5/h6-10H,1-5H3,(H2,17,20). The van der Waals surface area contributed by atoms with Crippen molar-refractivity contribution in [2.24, 2.45) is 0 Å². The van der Waals surface area contributed by atoms with Gasteiger partial charge in [-0.1, -0.05) is 18.2 Å². The lowest BCUT2D eigenvalue weighted by Crippen LogP contribution is -2.50. The highest BCUT2D eigenvalue weighted by Gasteiger charge is 2.33. The minimum Gasteiger partial charge on any atom is -0.481 e. The van der Waals surface area contributed by atoms with Crippen LogP contribution in [0.25, 0.3) is 0 Å². The van der Waals surface area contributed by atoms with Gasteiger partial charge < -0.3 is 4.74 Å². The van der Waals surface area contributed by atoms with E-state index in [1.807, 2.05) is 0 Å². The number of hydrogen-bond acceptors (Lipinski definition) is 7. The van der Waals surface area contributed by atoms with E-state index >= 15 is 0 Å². The fourth-order valence-electron chi connectivity index (χ4n) is 2.25. The Labute approximate surface area is 153 Å². The van der Waals surface area contributed by atoms with Crippen LogP contribution in [0.3, 0.4) is 0 Å². The van der Waals surface area contributed by atoms with Crippen LogP contribution in [0.15, 0.2) is 35.2 Å². The smallest absolute Gasteiger partial charge is 0.273 e. The summed E-state index contributed by atoms with van der Waals surface area (Å²) in [6.07, 6.45) is 0. The van der Waals surface area contributed by atoms with Crippen LogP contribution >= 0.6 is 0 Å². The van der Waals surface area contributed by atoms with Crippen molar-refractivity contribution in [2.45, 2.75) is 18.7 Å². The molecule has 0 saturated heterocycles. The maximum atomic E-state index is 13.3. The number of aryl methyl sites for hydroxylation is 2. The molecule has 2 aromatic rings. The highest BCUT2D eigenvalue weighted by atomic mass is 32.2. The Bertz CT molecular complexity index is 914. The van der Waals surface area contributed by atoms with Crippen molar-refractivity contribution in [3.05, 3.63) is 41.6 Å². The van der Waals surface area contributed by atoms with Gasteiger partial charge in [-0.05, 0) is 25.5 Å². The summed E-state index contributed by atoms with van der Waals surface area (Å²) < 4.78 is 32.5. The first-order valence-electron chi connectivity index (χ1n) is 7.70. The Hall–Kier alpha value is -2.72. The van der Waals surface area contributed by atoms with E-state index in [-0.39, 0.29) is 16.7 Å². The lowest BCUT2D eigenvalue weighted by Gasteiger charge is -2.26. The minimum atomic E-state index is -4.13. The number of rotatable bonds is 5. The van der Waals surface area contributed by atoms with Crippen molar-refractivity contribution in [1.82, 2.24) is 20.4 Å². The summed E-state index contributed by atoms with van der Waals surface area (Å²) in [5.74, 6) is -0.384. The lowest BCUT2D eigenvalue weighted by atomic mass is 10.2. The van der Waals surface area contributed by atoms with Gasteiger partial charge in [0.05, 0.1) is 12.0 Å². The average molecular weight is 378 g/mol. The number of guanidine groups is 1. The Morgan fingerprint density at radius 2 is 1.85 bits per heavy atom. The molecule has 1 heterocycles. The van der Waals surface area contributed by atoms with Crippen molar-refractivity contribution in [2.75, 3.05) is 25.5 Å². The third kappa shape index (κ3) is 4.09. The third-order valence-corrected chi connectivity index (χ3v) is 5.19. The molecule has 140 valence electrons. The summed E-state index contributed by atoms with van der Waals surface area (Å²) in [4.78, 5) is 8.37. The molecule has 26 heavy (non-hydrogen) atoms. The maximum absolute atomic E-state index is 13.3. The van der Waals surface area contributed by atoms with Crippen LogP contribution in [0.4, 0.5) is 5.95 Å². The zero-order chi connectivity index (χ0) is 19.5. The highest BCUT2D eigenvalue weighted by molar-refractivity contribution is 7.93. The molecule has 2 rings (SSSR count). The van der Waals surface area contributed by atoms with Gasteiger partial charge in [0.1, 0.15) is 0 Å². The van der Waals surface area contributed by atoms with E-state index in [1.54, 1.807) is 52.2 Å². The Morgan fingerprint density at radius 3 is 2.42 bits per heavy atom. The number of methoxy groups -OCH3 is 1. The maximum Gasteiger partial charge on any atom is 0.273 e. The van der Waals surface area contributed by atoms with Crippen molar-refractivity contribution < 1.29 is 13.2 Å². The molecule has 0 aliphatic carbocycles. The second kappa shape index (κ2) is 7.67. The van der Waals surface area contributed by atoms with Gasteiger partial charge in [-0.25, -0.2) is 18.4 Å². The molecule has 0 bridgehead atoms. The van der Waals surface area contributed by atoms with Crippen LogP contribution < -0.4 is 14.5 Å². The summed E-state index contributed by atoms with van der Waals surface area (Å²) in [6, 6.07) is 8.11. The van der Waals surface area contributed by atoms with Crippen LogP contribution in [0.2, 0.25) is 0 Å². The first-order valence-corrected chi connectivity index (χ1v) is 9.14. The first-order chi connectivity index (χ1) is 12.2. The molecule has 2 N–H and O–H groups in total. The van der Waals surface area contributed by atoms with Crippen molar-refractivity contribution >= 4 is 21.9 Å². The van der Waals surface area contributed by atoms with Gasteiger partial charge >= 0.3 is 0 Å². The largest absolute Gasteiger partial charge is 0.481 e. The molecule has 0 aliphatic rings. The Balaban J connectivity index is 2.68. The number of nitrogens with one attached hydrogen (secondary N) is 2. The molecule has 0 saturated carbocycles. The van der Waals surface area contributed by atoms with E-state index in [0.29, 0.717) is 11.3 Å². The normalized spacial score (nSPS) is 11.3. The van der Waals surface area contributed by atoms with Gasteiger partial charge in [0.2, 0.25) is 17.8 Å². The zero-order valence-electron chi connectivity index (χ0n) is 15.3. The van der Waals surface area contributed by atoms with E-state index < -0.39 is 16.0 Å². The first kappa shape index (κ1) is 19.6. The number of hydrazine groups is 1. The van der Waals surface area contributed by atoms with Crippen molar-refractivity contribution in [1.29, 1.82) is 5.41 Å². The molecule has 0 unspecified atom stereocenters. The number of aromatic nitrogens is 2. The number of nitrogens with zero attached hydrogens (tertiary/aromatic N) is 4. The third-order valence-electron chi connectivity index (χ3n) is 3.35.